The molecule has 0 atom stereocenters. The first-order valence-electron chi connectivity index (χ1n) is 5.59. The van der Waals surface area contributed by atoms with E-state index in [0.29, 0.717) is 24.4 Å². The van der Waals surface area contributed by atoms with Gasteiger partial charge in [0.05, 0.1) is 11.4 Å². The van der Waals surface area contributed by atoms with E-state index in [2.05, 4.69) is 0 Å². The van der Waals surface area contributed by atoms with Crippen LogP contribution in [0.2, 0.25) is 0 Å². The SMILES string of the molecule is CC(C)N(CCC(N)=S)C(=O)Cc1ccsc1. The monoisotopic (exact) mass is 270 g/mol. The van der Waals surface area contributed by atoms with E-state index in [0.717, 1.165) is 5.56 Å². The minimum absolute atomic E-state index is 0.134. The molecule has 0 bridgehead atoms. The van der Waals surface area contributed by atoms with Crippen LogP contribution in [0.25, 0.3) is 0 Å². The molecule has 5 heteroatoms. The lowest BCUT2D eigenvalue weighted by atomic mass is 10.2. The number of rotatable bonds is 6. The first kappa shape index (κ1) is 14.1. The number of carbonyl (C=O) groups excluding carboxylic acids is 1. The highest BCUT2D eigenvalue weighted by atomic mass is 32.1. The van der Waals surface area contributed by atoms with Gasteiger partial charge in [-0.05, 0) is 36.2 Å². The number of amides is 1. The largest absolute Gasteiger partial charge is 0.393 e. The molecule has 1 heterocycles. The molecule has 3 nitrogen and oxygen atoms in total. The fourth-order valence-electron chi connectivity index (χ4n) is 1.57. The second kappa shape index (κ2) is 6.71. The Morgan fingerprint density at radius 2 is 2.29 bits per heavy atom. The quantitative estimate of drug-likeness (QED) is 0.806. The van der Waals surface area contributed by atoms with Crippen molar-refractivity contribution in [1.29, 1.82) is 0 Å². The van der Waals surface area contributed by atoms with Crippen LogP contribution in [0.5, 0.6) is 0 Å². The summed E-state index contributed by atoms with van der Waals surface area (Å²) in [5, 5.41) is 3.99. The number of thiophene rings is 1. The Balaban J connectivity index is 2.57. The molecule has 2 N–H and O–H groups in total. The van der Waals surface area contributed by atoms with Crippen LogP contribution in [0, 0.1) is 0 Å². The third-order valence-corrected chi connectivity index (χ3v) is 3.41. The summed E-state index contributed by atoms with van der Waals surface area (Å²) >= 11 is 6.45. The van der Waals surface area contributed by atoms with Crippen LogP contribution in [0.1, 0.15) is 25.8 Å². The number of nitrogens with two attached hydrogens (primary N) is 1. The fourth-order valence-corrected chi connectivity index (χ4v) is 2.33. The Morgan fingerprint density at radius 1 is 1.59 bits per heavy atom. The van der Waals surface area contributed by atoms with Crippen molar-refractivity contribution >= 4 is 34.5 Å². The molecule has 0 unspecified atom stereocenters. The molecular formula is C12H18N2OS2. The van der Waals surface area contributed by atoms with Crippen molar-refractivity contribution in [2.24, 2.45) is 5.73 Å². The standard InChI is InChI=1S/C12H18N2OS2/c1-9(2)14(5-3-11(13)16)12(15)7-10-4-6-17-8-10/h4,6,8-9H,3,5,7H2,1-2H3,(H2,13,16). The zero-order valence-electron chi connectivity index (χ0n) is 10.2. The average molecular weight is 270 g/mol. The predicted molar refractivity (Wildman–Crippen MR) is 76.3 cm³/mol. The fraction of sp³-hybridized carbons (Fsp3) is 0.500. The van der Waals surface area contributed by atoms with E-state index in [1.807, 2.05) is 35.6 Å². The third-order valence-electron chi connectivity index (χ3n) is 2.48. The van der Waals surface area contributed by atoms with Crippen LogP contribution < -0.4 is 5.73 Å². The third kappa shape index (κ3) is 4.83. The molecule has 0 spiro atoms. The molecule has 1 amide bonds. The highest BCUT2D eigenvalue weighted by molar-refractivity contribution is 7.80. The van der Waals surface area contributed by atoms with Crippen molar-refractivity contribution in [2.45, 2.75) is 32.7 Å². The molecule has 0 fully saturated rings. The molecular weight excluding hydrogens is 252 g/mol. The maximum absolute atomic E-state index is 12.1. The topological polar surface area (TPSA) is 46.3 Å². The average Bonchev–Trinajstić information content (AvgIpc) is 2.69. The summed E-state index contributed by atoms with van der Waals surface area (Å²) in [7, 11) is 0. The van der Waals surface area contributed by atoms with Gasteiger partial charge in [0.25, 0.3) is 0 Å². The Hall–Kier alpha value is -0.940. The smallest absolute Gasteiger partial charge is 0.227 e. The van der Waals surface area contributed by atoms with E-state index in [9.17, 15) is 4.79 Å². The number of nitrogens with zero attached hydrogens (tertiary/aromatic N) is 1. The van der Waals surface area contributed by atoms with Gasteiger partial charge in [0.1, 0.15) is 0 Å². The van der Waals surface area contributed by atoms with Crippen LogP contribution in [-0.2, 0) is 11.2 Å². The Kier molecular flexibility index (Phi) is 5.58. The van der Waals surface area contributed by atoms with Crippen molar-refractivity contribution in [1.82, 2.24) is 4.90 Å². The number of hydrogen-bond donors (Lipinski definition) is 1. The minimum Gasteiger partial charge on any atom is -0.393 e. The lowest BCUT2D eigenvalue weighted by molar-refractivity contribution is -0.132. The molecule has 17 heavy (non-hydrogen) atoms. The van der Waals surface area contributed by atoms with Gasteiger partial charge in [-0.1, -0.05) is 12.2 Å². The zero-order valence-corrected chi connectivity index (χ0v) is 11.8. The molecule has 0 saturated heterocycles. The molecule has 0 saturated carbocycles. The van der Waals surface area contributed by atoms with E-state index >= 15 is 0 Å². The summed E-state index contributed by atoms with van der Waals surface area (Å²) in [4.78, 5) is 14.4. The summed E-state index contributed by atoms with van der Waals surface area (Å²) in [5.41, 5.74) is 6.54. The van der Waals surface area contributed by atoms with Crippen molar-refractivity contribution in [2.75, 3.05) is 6.54 Å². The van der Waals surface area contributed by atoms with Gasteiger partial charge in [0.2, 0.25) is 5.91 Å². The second-order valence-electron chi connectivity index (χ2n) is 4.21. The van der Waals surface area contributed by atoms with Crippen LogP contribution in [0.4, 0.5) is 0 Å². The van der Waals surface area contributed by atoms with Crippen molar-refractivity contribution in [3.05, 3.63) is 22.4 Å². The molecule has 0 aliphatic carbocycles. The molecule has 1 rings (SSSR count). The number of carbonyl (C=O) groups is 1. The molecule has 0 aromatic carbocycles. The predicted octanol–water partition coefficient (Wildman–Crippen LogP) is 2.20. The molecule has 94 valence electrons. The Morgan fingerprint density at radius 3 is 2.76 bits per heavy atom. The van der Waals surface area contributed by atoms with E-state index in [-0.39, 0.29) is 11.9 Å². The second-order valence-corrected chi connectivity index (χ2v) is 5.51. The molecule has 1 aromatic rings. The van der Waals surface area contributed by atoms with Crippen LogP contribution in [-0.4, -0.2) is 28.4 Å². The van der Waals surface area contributed by atoms with Crippen molar-refractivity contribution in [3.8, 4) is 0 Å². The van der Waals surface area contributed by atoms with Gasteiger partial charge in [-0.15, -0.1) is 0 Å². The van der Waals surface area contributed by atoms with Gasteiger partial charge in [-0.25, -0.2) is 0 Å². The van der Waals surface area contributed by atoms with Gasteiger partial charge in [-0.2, -0.15) is 11.3 Å². The van der Waals surface area contributed by atoms with Crippen LogP contribution >= 0.6 is 23.6 Å². The highest BCUT2D eigenvalue weighted by Crippen LogP contribution is 2.10. The number of hydrogen-bond acceptors (Lipinski definition) is 3. The normalized spacial score (nSPS) is 10.5. The molecule has 1 aromatic heterocycles. The summed E-state index contributed by atoms with van der Waals surface area (Å²) in [6, 6.07) is 2.16. The first-order valence-corrected chi connectivity index (χ1v) is 6.94. The van der Waals surface area contributed by atoms with Gasteiger partial charge in [0, 0.05) is 19.0 Å². The maximum atomic E-state index is 12.1. The molecule has 0 aliphatic rings. The van der Waals surface area contributed by atoms with E-state index in [1.165, 1.54) is 0 Å². The lowest BCUT2D eigenvalue weighted by Crippen LogP contribution is -2.39. The summed E-state index contributed by atoms with van der Waals surface area (Å²) in [6.45, 7) is 4.62. The first-order chi connectivity index (χ1) is 8.00. The summed E-state index contributed by atoms with van der Waals surface area (Å²) in [6.07, 6.45) is 1.04. The lowest BCUT2D eigenvalue weighted by Gasteiger charge is -2.26. The van der Waals surface area contributed by atoms with Gasteiger partial charge < -0.3 is 10.6 Å². The van der Waals surface area contributed by atoms with Gasteiger partial charge >= 0.3 is 0 Å². The van der Waals surface area contributed by atoms with Crippen LogP contribution in [0.15, 0.2) is 16.8 Å². The van der Waals surface area contributed by atoms with Crippen LogP contribution in [0.3, 0.4) is 0 Å². The summed E-state index contributed by atoms with van der Waals surface area (Å²) in [5.74, 6) is 0.134. The van der Waals surface area contributed by atoms with Gasteiger partial charge in [0.15, 0.2) is 0 Å². The minimum atomic E-state index is 0.134. The van der Waals surface area contributed by atoms with E-state index in [4.69, 9.17) is 18.0 Å². The molecule has 0 radical (unpaired) electrons. The van der Waals surface area contributed by atoms with Gasteiger partial charge in [-0.3, -0.25) is 4.79 Å². The maximum Gasteiger partial charge on any atom is 0.227 e. The Bertz CT molecular complexity index is 374. The Labute approximate surface area is 112 Å². The van der Waals surface area contributed by atoms with Crippen molar-refractivity contribution in [3.63, 3.8) is 0 Å². The zero-order chi connectivity index (χ0) is 12.8. The summed E-state index contributed by atoms with van der Waals surface area (Å²) < 4.78 is 0. The van der Waals surface area contributed by atoms with E-state index in [1.54, 1.807) is 11.3 Å². The number of thiocarbonyl (C=S) groups is 1. The van der Waals surface area contributed by atoms with E-state index < -0.39 is 0 Å². The highest BCUT2D eigenvalue weighted by Gasteiger charge is 2.17. The van der Waals surface area contributed by atoms with Crippen molar-refractivity contribution < 1.29 is 4.79 Å². The molecule has 0 aliphatic heterocycles.